The van der Waals surface area contributed by atoms with E-state index in [1.165, 1.54) is 0 Å². The number of furan rings is 1. The van der Waals surface area contributed by atoms with Crippen molar-refractivity contribution in [3.8, 4) is 44.7 Å². The highest BCUT2D eigenvalue weighted by Gasteiger charge is 2.25. The molecule has 210 valence electrons. The first-order valence-corrected chi connectivity index (χ1v) is 14.4. The van der Waals surface area contributed by atoms with Gasteiger partial charge < -0.3 is 4.42 Å². The summed E-state index contributed by atoms with van der Waals surface area (Å²) in [6.45, 7) is 0. The Balaban J connectivity index is 1.59. The van der Waals surface area contributed by atoms with E-state index >= 15 is 0 Å². The molecule has 45 heavy (non-hydrogen) atoms. The van der Waals surface area contributed by atoms with Crippen LogP contribution in [0.15, 0.2) is 174 Å². The van der Waals surface area contributed by atoms with Gasteiger partial charge in [-0.1, -0.05) is 163 Å². The Hall–Kier alpha value is -5.92. The molecule has 0 atom stereocenters. The average molecular weight is 586 g/mol. The Kier molecular flexibility index (Phi) is 3.62. The van der Waals surface area contributed by atoms with Crippen molar-refractivity contribution in [3.63, 3.8) is 0 Å². The van der Waals surface area contributed by atoms with Gasteiger partial charge in [-0.2, -0.15) is 0 Å². The molecule has 0 saturated heterocycles. The average Bonchev–Trinajstić information content (AvgIpc) is 3.63. The normalized spacial score (nSPS) is 15.6. The van der Waals surface area contributed by atoms with Gasteiger partial charge in [0, 0.05) is 27.6 Å². The lowest BCUT2D eigenvalue weighted by molar-refractivity contribution is 0.633. The molecule has 0 amide bonds. The fraction of sp³-hybridized carbons (Fsp3) is 0. The van der Waals surface area contributed by atoms with E-state index in [-0.39, 0.29) is 60.7 Å². The number of hydrogen-bond acceptors (Lipinski definition) is 1. The molecule has 1 heteroatoms. The van der Waals surface area contributed by atoms with Gasteiger partial charge in [-0.3, -0.25) is 0 Å². The van der Waals surface area contributed by atoms with Gasteiger partial charge in [0.1, 0.15) is 11.3 Å². The van der Waals surface area contributed by atoms with Gasteiger partial charge in [0.2, 0.25) is 0 Å². The van der Waals surface area contributed by atoms with Crippen LogP contribution in [0.5, 0.6) is 0 Å². The monoisotopic (exact) mass is 585 g/mol. The van der Waals surface area contributed by atoms with E-state index < -0.39 is 78.6 Å². The third-order valence-corrected chi connectivity index (χ3v) is 8.18. The van der Waals surface area contributed by atoms with E-state index in [0.29, 0.717) is 16.5 Å². The molecular formula is C44H28O. The Bertz CT molecular complexity index is 3150. The Morgan fingerprint density at radius 3 is 1.73 bits per heavy atom. The number of fused-ring (bicyclic) bond motifs is 4. The molecule has 0 aliphatic carbocycles. The molecule has 0 radical (unpaired) electrons. The minimum Gasteiger partial charge on any atom is -0.455 e. The highest BCUT2D eigenvalue weighted by Crippen LogP contribution is 2.50. The molecule has 9 aromatic rings. The Morgan fingerprint density at radius 1 is 0.400 bits per heavy atom. The highest BCUT2D eigenvalue weighted by atomic mass is 16.3. The van der Waals surface area contributed by atoms with Gasteiger partial charge in [-0.25, -0.2) is 0 Å². The van der Waals surface area contributed by atoms with Crippen LogP contribution in [-0.2, 0) is 0 Å². The second-order valence-electron chi connectivity index (χ2n) is 10.7. The van der Waals surface area contributed by atoms with Crippen LogP contribution >= 0.6 is 0 Å². The first-order valence-electron chi connectivity index (χ1n) is 20.9. The van der Waals surface area contributed by atoms with E-state index in [9.17, 15) is 5.48 Å². The van der Waals surface area contributed by atoms with Crippen molar-refractivity contribution in [1.82, 2.24) is 0 Å². The van der Waals surface area contributed by atoms with Gasteiger partial charge in [-0.15, -0.1) is 0 Å². The summed E-state index contributed by atoms with van der Waals surface area (Å²) in [5.41, 5.74) is 1.58. The highest BCUT2D eigenvalue weighted by molar-refractivity contribution is 6.25. The lowest BCUT2D eigenvalue weighted by atomic mass is 9.84. The standard InChI is InChI=1S/C44H28O/c1-3-15-30(16-4-1)34-24-13-25-39-42(43(45-44(34)39)33-27-26-29-14-7-8-19-32(29)28-33)41-37-22-11-9-20-35(37)40(31-17-5-2-6-18-31)36-21-10-12-23-38(36)41/h1-28H/i1D,3D,4D,9D,10D,11D,12D,15D,16D,20D,21D,22D,23D. The van der Waals surface area contributed by atoms with Crippen molar-refractivity contribution in [2.75, 3.05) is 0 Å². The molecule has 0 spiro atoms. The van der Waals surface area contributed by atoms with Crippen LogP contribution in [0.3, 0.4) is 0 Å². The van der Waals surface area contributed by atoms with Gasteiger partial charge in [-0.05, 0) is 55.1 Å². The number of benzene rings is 8. The topological polar surface area (TPSA) is 13.1 Å². The van der Waals surface area contributed by atoms with Crippen molar-refractivity contribution in [1.29, 1.82) is 0 Å². The van der Waals surface area contributed by atoms with Gasteiger partial charge in [0.05, 0.1) is 17.8 Å². The largest absolute Gasteiger partial charge is 0.455 e. The van der Waals surface area contributed by atoms with E-state index in [1.807, 2.05) is 36.4 Å². The van der Waals surface area contributed by atoms with Crippen LogP contribution in [0, 0.1) is 0 Å². The zero-order valence-electron chi connectivity index (χ0n) is 36.6. The molecule has 1 nitrogen and oxygen atoms in total. The van der Waals surface area contributed by atoms with E-state index in [0.717, 1.165) is 10.8 Å². The van der Waals surface area contributed by atoms with Crippen molar-refractivity contribution >= 4 is 43.3 Å². The number of rotatable bonds is 4. The Labute approximate surface area is 279 Å². The van der Waals surface area contributed by atoms with E-state index in [2.05, 4.69) is 0 Å². The van der Waals surface area contributed by atoms with Crippen LogP contribution in [0.25, 0.3) is 88.0 Å². The summed E-state index contributed by atoms with van der Waals surface area (Å²) in [5.74, 6) is 0.162. The van der Waals surface area contributed by atoms with Gasteiger partial charge >= 0.3 is 0 Å². The second kappa shape index (κ2) is 10.4. The maximum absolute atomic E-state index is 9.49. The number of para-hydroxylation sites is 1. The van der Waals surface area contributed by atoms with Crippen LogP contribution in [0.4, 0.5) is 0 Å². The van der Waals surface area contributed by atoms with Crippen molar-refractivity contribution < 1.29 is 22.2 Å². The maximum atomic E-state index is 9.49. The lowest BCUT2D eigenvalue weighted by Crippen LogP contribution is -1.91. The summed E-state index contributed by atoms with van der Waals surface area (Å²) in [4.78, 5) is 0. The van der Waals surface area contributed by atoms with Crippen molar-refractivity contribution in [2.45, 2.75) is 0 Å². The van der Waals surface area contributed by atoms with E-state index in [1.54, 1.807) is 54.6 Å². The van der Waals surface area contributed by atoms with Crippen LogP contribution < -0.4 is 0 Å². The first kappa shape index (κ1) is 15.7. The molecule has 0 aliphatic rings. The van der Waals surface area contributed by atoms with Crippen molar-refractivity contribution in [2.24, 2.45) is 0 Å². The van der Waals surface area contributed by atoms with Crippen molar-refractivity contribution in [3.05, 3.63) is 170 Å². The summed E-state index contributed by atoms with van der Waals surface area (Å²) < 4.78 is 123. The maximum Gasteiger partial charge on any atom is 0.143 e. The molecule has 0 bridgehead atoms. The Morgan fingerprint density at radius 2 is 1.02 bits per heavy atom. The van der Waals surface area contributed by atoms with Crippen LogP contribution in [0.1, 0.15) is 17.8 Å². The predicted molar refractivity (Wildman–Crippen MR) is 190 cm³/mol. The summed E-state index contributed by atoms with van der Waals surface area (Å²) in [7, 11) is 0. The fourth-order valence-corrected chi connectivity index (χ4v) is 6.25. The molecule has 0 fully saturated rings. The molecule has 0 unspecified atom stereocenters. The van der Waals surface area contributed by atoms with Crippen LogP contribution in [-0.4, -0.2) is 0 Å². The zero-order valence-corrected chi connectivity index (χ0v) is 23.6. The third kappa shape index (κ3) is 4.09. The van der Waals surface area contributed by atoms with Crippen LogP contribution in [0.2, 0.25) is 0 Å². The second-order valence-corrected chi connectivity index (χ2v) is 10.7. The summed E-state index contributed by atoms with van der Waals surface area (Å²) in [5, 5.41) is 2.09. The molecule has 0 N–H and O–H groups in total. The molecule has 8 aromatic carbocycles. The molecular weight excluding hydrogens is 544 g/mol. The smallest absolute Gasteiger partial charge is 0.143 e. The summed E-state index contributed by atoms with van der Waals surface area (Å²) in [6.07, 6.45) is 0. The van der Waals surface area contributed by atoms with E-state index in [4.69, 9.17) is 16.8 Å². The minimum atomic E-state index is -0.567. The minimum absolute atomic E-state index is 0.0136. The quantitative estimate of drug-likeness (QED) is 0.187. The zero-order chi connectivity index (χ0) is 41.1. The fourth-order valence-electron chi connectivity index (χ4n) is 6.25. The van der Waals surface area contributed by atoms with Gasteiger partial charge in [0.15, 0.2) is 0 Å². The molecule has 1 heterocycles. The SMILES string of the molecule is [2H]c1c([2H])c([2H])c(-c2cccc3c(-c4c5c([2H])c([2H])c([2H])c([2H])c5c(-c5ccccc5)c5c([2H])c([2H])c([2H])c([2H])c45)c(-c4ccc5ccccc5c4)oc23)c([2H])c1[2H]. The predicted octanol–water partition coefficient (Wildman–Crippen LogP) is 12.6. The summed E-state index contributed by atoms with van der Waals surface area (Å²) in [6, 6.07) is 20.2. The summed E-state index contributed by atoms with van der Waals surface area (Å²) >= 11 is 0. The molecule has 1 aromatic heterocycles. The van der Waals surface area contributed by atoms with Gasteiger partial charge in [0.25, 0.3) is 0 Å². The molecule has 9 rings (SSSR count). The first-order chi connectivity index (χ1) is 27.7. The third-order valence-electron chi connectivity index (χ3n) is 8.18. The molecule has 0 saturated carbocycles. The number of hydrogen-bond donors (Lipinski definition) is 0. The lowest BCUT2D eigenvalue weighted by Gasteiger charge is -2.18. The molecule has 0 aliphatic heterocycles.